The molecule has 0 aliphatic rings. The molecule has 0 bridgehead atoms. The minimum Gasteiger partial charge on any atom is -0.359 e. The highest BCUT2D eigenvalue weighted by Gasteiger charge is 2.11. The van der Waals surface area contributed by atoms with Crippen molar-refractivity contribution in [3.05, 3.63) is 59.7 Å². The highest BCUT2D eigenvalue weighted by atomic mass is 32.2. The van der Waals surface area contributed by atoms with Gasteiger partial charge in [-0.05, 0) is 43.7 Å². The van der Waals surface area contributed by atoms with Crippen molar-refractivity contribution in [2.45, 2.75) is 24.8 Å². The summed E-state index contributed by atoms with van der Waals surface area (Å²) in [6, 6.07) is 15.7. The fraction of sp³-hybridized carbons (Fsp3) is 0.222. The van der Waals surface area contributed by atoms with Crippen LogP contribution in [0.4, 0.5) is 5.69 Å². The molecule has 0 saturated carbocycles. The van der Waals surface area contributed by atoms with Gasteiger partial charge in [-0.25, -0.2) is 0 Å². The first-order valence-corrected chi connectivity index (χ1v) is 8.87. The zero-order chi connectivity index (χ0) is 17.7. The second kappa shape index (κ2) is 7.28. The van der Waals surface area contributed by atoms with E-state index in [1.165, 1.54) is 6.21 Å². The molecule has 2 aromatic carbocycles. The summed E-state index contributed by atoms with van der Waals surface area (Å²) in [7, 11) is -1.87. The zero-order valence-corrected chi connectivity index (χ0v) is 14.7. The maximum absolute atomic E-state index is 12.2. The molecule has 0 heterocycles. The van der Waals surface area contributed by atoms with Crippen molar-refractivity contribution < 1.29 is 8.42 Å². The van der Waals surface area contributed by atoms with Crippen molar-refractivity contribution in [1.82, 2.24) is 0 Å². The van der Waals surface area contributed by atoms with Crippen LogP contribution in [-0.2, 0) is 10.0 Å². The van der Waals surface area contributed by atoms with Crippen LogP contribution in [0.25, 0.3) is 0 Å². The molecule has 0 aromatic heterocycles. The summed E-state index contributed by atoms with van der Waals surface area (Å²) >= 11 is 0. The second-order valence-electron chi connectivity index (χ2n) is 5.53. The van der Waals surface area contributed by atoms with Crippen LogP contribution < -0.4 is 4.90 Å². The van der Waals surface area contributed by atoms with Gasteiger partial charge in [0.1, 0.15) is 6.04 Å². The third-order valence-corrected chi connectivity index (χ3v) is 4.98. The average molecular weight is 341 g/mol. The largest absolute Gasteiger partial charge is 0.359 e. The van der Waals surface area contributed by atoms with Crippen LogP contribution in [0.1, 0.15) is 18.1 Å². The number of hydrogen-bond donors (Lipinski definition) is 0. The second-order valence-corrected chi connectivity index (χ2v) is 7.16. The van der Waals surface area contributed by atoms with E-state index >= 15 is 0 Å². The molecule has 24 heavy (non-hydrogen) atoms. The number of nitriles is 1. The predicted octanol–water partition coefficient (Wildman–Crippen LogP) is 3.15. The van der Waals surface area contributed by atoms with Crippen molar-refractivity contribution >= 4 is 21.9 Å². The summed E-state index contributed by atoms with van der Waals surface area (Å²) in [5.74, 6) is 0. The Morgan fingerprint density at radius 3 is 2.25 bits per heavy atom. The maximum atomic E-state index is 12.2. The fourth-order valence-electron chi connectivity index (χ4n) is 2.01. The van der Waals surface area contributed by atoms with Crippen molar-refractivity contribution in [3.63, 3.8) is 0 Å². The quantitative estimate of drug-likeness (QED) is 0.783. The van der Waals surface area contributed by atoms with Crippen LogP contribution in [-0.4, -0.2) is 27.7 Å². The molecule has 2 aromatic rings. The lowest BCUT2D eigenvalue weighted by atomic mass is 10.2. The lowest BCUT2D eigenvalue weighted by Crippen LogP contribution is -2.26. The molecule has 0 N–H and O–H groups in total. The van der Waals surface area contributed by atoms with E-state index in [4.69, 9.17) is 5.26 Å². The van der Waals surface area contributed by atoms with Gasteiger partial charge in [-0.2, -0.15) is 18.1 Å². The molecule has 6 heteroatoms. The van der Waals surface area contributed by atoms with Crippen molar-refractivity contribution in [3.8, 4) is 6.07 Å². The number of nitrogens with zero attached hydrogens (tertiary/aromatic N) is 3. The van der Waals surface area contributed by atoms with Crippen molar-refractivity contribution in [2.24, 2.45) is 4.40 Å². The third kappa shape index (κ3) is 4.21. The Kier molecular flexibility index (Phi) is 5.37. The number of anilines is 1. The van der Waals surface area contributed by atoms with Gasteiger partial charge in [0.15, 0.2) is 0 Å². The van der Waals surface area contributed by atoms with Gasteiger partial charge in [0.2, 0.25) is 0 Å². The summed E-state index contributed by atoms with van der Waals surface area (Å²) in [6.07, 6.45) is 1.33. The Morgan fingerprint density at radius 2 is 1.71 bits per heavy atom. The number of sulfonamides is 1. The summed E-state index contributed by atoms with van der Waals surface area (Å²) in [5.41, 5.74) is 2.54. The summed E-state index contributed by atoms with van der Waals surface area (Å²) < 4.78 is 28.1. The Morgan fingerprint density at radius 1 is 1.12 bits per heavy atom. The van der Waals surface area contributed by atoms with Gasteiger partial charge in [-0.1, -0.05) is 29.8 Å². The fourth-order valence-corrected chi connectivity index (χ4v) is 2.87. The van der Waals surface area contributed by atoms with E-state index in [0.717, 1.165) is 11.3 Å². The molecule has 124 valence electrons. The lowest BCUT2D eigenvalue weighted by Gasteiger charge is -2.21. The van der Waals surface area contributed by atoms with Gasteiger partial charge in [-0.3, -0.25) is 0 Å². The Hall–Kier alpha value is -2.65. The van der Waals surface area contributed by atoms with Crippen LogP contribution in [0, 0.1) is 18.3 Å². The van der Waals surface area contributed by atoms with Crippen LogP contribution in [0.15, 0.2) is 57.8 Å². The van der Waals surface area contributed by atoms with E-state index in [-0.39, 0.29) is 10.9 Å². The first-order chi connectivity index (χ1) is 11.3. The van der Waals surface area contributed by atoms with E-state index in [1.807, 2.05) is 37.9 Å². The van der Waals surface area contributed by atoms with Crippen LogP contribution in [0.5, 0.6) is 0 Å². The maximum Gasteiger partial charge on any atom is 0.282 e. The molecule has 0 spiro atoms. The molecule has 2 rings (SSSR count). The highest BCUT2D eigenvalue weighted by Crippen LogP contribution is 2.16. The topological polar surface area (TPSA) is 73.5 Å². The molecular weight excluding hydrogens is 322 g/mol. The van der Waals surface area contributed by atoms with E-state index in [1.54, 1.807) is 36.4 Å². The molecule has 0 radical (unpaired) electrons. The smallest absolute Gasteiger partial charge is 0.282 e. The van der Waals surface area contributed by atoms with Gasteiger partial charge < -0.3 is 4.90 Å². The first-order valence-electron chi connectivity index (χ1n) is 7.43. The molecule has 0 aliphatic heterocycles. The van der Waals surface area contributed by atoms with Gasteiger partial charge in [0.05, 0.1) is 11.0 Å². The standard InChI is InChI=1S/C18H19N3O2S/c1-14-4-10-18(11-5-14)24(22,23)20-13-16-6-8-17(9-7-16)21(3)15(2)12-19/h4-11,13,15H,1-3H3. The minimum absolute atomic E-state index is 0.170. The molecule has 1 atom stereocenters. The highest BCUT2D eigenvalue weighted by molar-refractivity contribution is 7.90. The first kappa shape index (κ1) is 17.7. The van der Waals surface area contributed by atoms with E-state index in [2.05, 4.69) is 10.5 Å². The molecule has 0 saturated heterocycles. The molecule has 5 nitrogen and oxygen atoms in total. The van der Waals surface area contributed by atoms with E-state index < -0.39 is 10.0 Å². The van der Waals surface area contributed by atoms with Gasteiger partial charge in [-0.15, -0.1) is 0 Å². The molecular formula is C18H19N3O2S. The van der Waals surface area contributed by atoms with Gasteiger partial charge in [0.25, 0.3) is 10.0 Å². The number of rotatable bonds is 5. The van der Waals surface area contributed by atoms with Crippen molar-refractivity contribution in [2.75, 3.05) is 11.9 Å². The van der Waals surface area contributed by atoms with E-state index in [0.29, 0.717) is 5.56 Å². The SMILES string of the molecule is Cc1ccc(S(=O)(=O)N=Cc2ccc(N(C)C(C)C#N)cc2)cc1. The Bertz CT molecular complexity index is 864. The van der Waals surface area contributed by atoms with Crippen LogP contribution in [0.2, 0.25) is 0 Å². The average Bonchev–Trinajstić information content (AvgIpc) is 2.59. The number of aryl methyl sites for hydroxylation is 1. The lowest BCUT2D eigenvalue weighted by molar-refractivity contribution is 0.598. The zero-order valence-electron chi connectivity index (χ0n) is 13.8. The summed E-state index contributed by atoms with van der Waals surface area (Å²) in [6.45, 7) is 3.70. The van der Waals surface area contributed by atoms with Crippen LogP contribution >= 0.6 is 0 Å². The normalized spacial score (nSPS) is 12.8. The number of hydrogen-bond acceptors (Lipinski definition) is 4. The summed E-state index contributed by atoms with van der Waals surface area (Å²) in [4.78, 5) is 2.01. The van der Waals surface area contributed by atoms with E-state index in [9.17, 15) is 8.42 Å². The summed E-state index contributed by atoms with van der Waals surface area (Å²) in [5, 5.41) is 8.94. The predicted molar refractivity (Wildman–Crippen MR) is 95.9 cm³/mol. The van der Waals surface area contributed by atoms with Gasteiger partial charge in [0, 0.05) is 18.9 Å². The van der Waals surface area contributed by atoms with Gasteiger partial charge >= 0.3 is 0 Å². The number of benzene rings is 2. The molecule has 0 fully saturated rings. The van der Waals surface area contributed by atoms with Crippen molar-refractivity contribution in [1.29, 1.82) is 5.26 Å². The Labute approximate surface area is 142 Å². The van der Waals surface area contributed by atoms with Crippen LogP contribution in [0.3, 0.4) is 0 Å². The minimum atomic E-state index is -3.70. The molecule has 1 unspecified atom stereocenters. The monoisotopic (exact) mass is 341 g/mol. The molecule has 0 aliphatic carbocycles. The molecule has 0 amide bonds. The third-order valence-electron chi connectivity index (χ3n) is 3.73. The Balaban J connectivity index is 2.17.